The van der Waals surface area contributed by atoms with Crippen LogP contribution in [0.5, 0.6) is 0 Å². The second-order valence-corrected chi connectivity index (χ2v) is 5.60. The van der Waals surface area contributed by atoms with Gasteiger partial charge in [-0.3, -0.25) is 14.6 Å². The molecule has 1 aliphatic carbocycles. The Labute approximate surface area is 134 Å². The lowest BCUT2D eigenvalue weighted by atomic mass is 9.91. The van der Waals surface area contributed by atoms with Gasteiger partial charge in [0.05, 0.1) is 11.6 Å². The van der Waals surface area contributed by atoms with Gasteiger partial charge in [0.2, 0.25) is 5.56 Å². The lowest BCUT2D eigenvalue weighted by Gasteiger charge is -2.25. The minimum atomic E-state index is -4.54. The second kappa shape index (κ2) is 6.10. The number of H-pyrrole nitrogens is 1. The summed E-state index contributed by atoms with van der Waals surface area (Å²) >= 11 is 0. The summed E-state index contributed by atoms with van der Waals surface area (Å²) in [4.78, 5) is 29.6. The summed E-state index contributed by atoms with van der Waals surface area (Å²) in [5.74, 6) is -0.500. The maximum absolute atomic E-state index is 12.5. The monoisotopic (exact) mass is 337 g/mol. The van der Waals surface area contributed by atoms with E-state index in [2.05, 4.69) is 15.3 Å². The van der Waals surface area contributed by atoms with Crippen LogP contribution in [-0.4, -0.2) is 15.9 Å². The normalized spacial score (nSPS) is 17.2. The molecule has 1 aliphatic rings. The van der Waals surface area contributed by atoms with Gasteiger partial charge in [0.25, 0.3) is 5.91 Å². The molecule has 2 heterocycles. The van der Waals surface area contributed by atoms with E-state index in [1.807, 2.05) is 0 Å². The van der Waals surface area contributed by atoms with E-state index < -0.39 is 17.8 Å². The number of alkyl halides is 3. The van der Waals surface area contributed by atoms with Crippen LogP contribution < -0.4 is 10.9 Å². The molecular weight excluding hydrogens is 323 g/mol. The van der Waals surface area contributed by atoms with Gasteiger partial charge in [-0.05, 0) is 43.0 Å². The van der Waals surface area contributed by atoms with Gasteiger partial charge in [0, 0.05) is 18.0 Å². The van der Waals surface area contributed by atoms with Crippen LogP contribution in [0.15, 0.2) is 35.3 Å². The highest BCUT2D eigenvalue weighted by atomic mass is 19.4. The molecule has 0 aliphatic heterocycles. The van der Waals surface area contributed by atoms with Crippen molar-refractivity contribution in [3.8, 4) is 0 Å². The molecule has 3 rings (SSSR count). The predicted molar refractivity (Wildman–Crippen MR) is 79.4 cm³/mol. The van der Waals surface area contributed by atoms with Crippen molar-refractivity contribution in [2.24, 2.45) is 0 Å². The third kappa shape index (κ3) is 3.32. The third-order valence-corrected chi connectivity index (χ3v) is 3.95. The standard InChI is InChI=1S/C16H14F3N3O2/c17-16(18,19)13-6-4-9(8-20-13)15(24)22-12-3-1-2-11-10(12)5-7-14(23)21-11/h4-8,12H,1-3H2,(H,21,23)(H,22,24). The van der Waals surface area contributed by atoms with Crippen LogP contribution in [-0.2, 0) is 12.6 Å². The topological polar surface area (TPSA) is 74.8 Å². The molecule has 2 N–H and O–H groups in total. The number of aryl methyl sites for hydroxylation is 1. The number of amides is 1. The first-order valence-electron chi connectivity index (χ1n) is 7.41. The van der Waals surface area contributed by atoms with Crippen molar-refractivity contribution in [2.75, 3.05) is 0 Å². The zero-order valence-corrected chi connectivity index (χ0v) is 12.5. The Balaban J connectivity index is 1.78. The van der Waals surface area contributed by atoms with E-state index in [1.54, 1.807) is 6.07 Å². The van der Waals surface area contributed by atoms with E-state index in [0.29, 0.717) is 6.42 Å². The second-order valence-electron chi connectivity index (χ2n) is 5.60. The Kier molecular flexibility index (Phi) is 4.13. The molecule has 1 amide bonds. The van der Waals surface area contributed by atoms with Crippen molar-refractivity contribution in [3.63, 3.8) is 0 Å². The van der Waals surface area contributed by atoms with Crippen LogP contribution in [0.25, 0.3) is 0 Å². The van der Waals surface area contributed by atoms with Gasteiger partial charge in [-0.1, -0.05) is 0 Å². The molecule has 1 unspecified atom stereocenters. The summed E-state index contributed by atoms with van der Waals surface area (Å²) in [6, 6.07) is 4.65. The minimum absolute atomic E-state index is 0.0551. The number of aromatic amines is 1. The largest absolute Gasteiger partial charge is 0.433 e. The average Bonchev–Trinajstić information content (AvgIpc) is 2.54. The Morgan fingerprint density at radius 1 is 1.25 bits per heavy atom. The van der Waals surface area contributed by atoms with E-state index in [-0.39, 0.29) is 17.2 Å². The number of nitrogens with one attached hydrogen (secondary N) is 2. The number of carbonyl (C=O) groups is 1. The molecule has 0 saturated heterocycles. The van der Waals surface area contributed by atoms with Crippen molar-refractivity contribution in [3.05, 3.63) is 63.3 Å². The Hall–Kier alpha value is -2.64. The lowest BCUT2D eigenvalue weighted by molar-refractivity contribution is -0.141. The van der Waals surface area contributed by atoms with Crippen LogP contribution in [0.2, 0.25) is 0 Å². The van der Waals surface area contributed by atoms with Crippen LogP contribution in [0.1, 0.15) is 46.2 Å². The fourth-order valence-corrected chi connectivity index (χ4v) is 2.79. The van der Waals surface area contributed by atoms with Crippen LogP contribution in [0, 0.1) is 0 Å². The summed E-state index contributed by atoms with van der Waals surface area (Å²) in [6.07, 6.45) is -1.42. The highest BCUT2D eigenvalue weighted by Gasteiger charge is 2.32. The summed E-state index contributed by atoms with van der Waals surface area (Å²) in [7, 11) is 0. The Bertz CT molecular complexity index is 813. The van der Waals surface area contributed by atoms with Crippen molar-refractivity contribution in [1.29, 1.82) is 0 Å². The van der Waals surface area contributed by atoms with Gasteiger partial charge >= 0.3 is 6.18 Å². The van der Waals surface area contributed by atoms with Gasteiger partial charge in [-0.15, -0.1) is 0 Å². The van der Waals surface area contributed by atoms with Gasteiger partial charge in [0.15, 0.2) is 0 Å². The van der Waals surface area contributed by atoms with E-state index in [1.165, 1.54) is 6.07 Å². The molecule has 5 nitrogen and oxygen atoms in total. The van der Waals surface area contributed by atoms with Gasteiger partial charge in [-0.2, -0.15) is 13.2 Å². The smallest absolute Gasteiger partial charge is 0.345 e. The molecule has 24 heavy (non-hydrogen) atoms. The molecule has 126 valence electrons. The zero-order valence-electron chi connectivity index (χ0n) is 12.5. The molecule has 8 heteroatoms. The maximum atomic E-state index is 12.5. The van der Waals surface area contributed by atoms with E-state index in [0.717, 1.165) is 42.4 Å². The van der Waals surface area contributed by atoms with Crippen molar-refractivity contribution < 1.29 is 18.0 Å². The molecule has 1 atom stereocenters. The first kappa shape index (κ1) is 16.2. The SMILES string of the molecule is O=C(NC1CCCc2[nH]c(=O)ccc21)c1ccc(C(F)(F)F)nc1. The quantitative estimate of drug-likeness (QED) is 0.884. The number of rotatable bonds is 2. The fraction of sp³-hybridized carbons (Fsp3) is 0.312. The van der Waals surface area contributed by atoms with Crippen molar-refractivity contribution >= 4 is 5.91 Å². The predicted octanol–water partition coefficient (Wildman–Crippen LogP) is 2.60. The summed E-state index contributed by atoms with van der Waals surface area (Å²) in [6.45, 7) is 0. The number of carbonyl (C=O) groups excluding carboxylic acids is 1. The number of halogens is 3. The summed E-state index contributed by atoms with van der Waals surface area (Å²) in [5.41, 5.74) is 0.422. The van der Waals surface area contributed by atoms with Crippen molar-refractivity contribution in [2.45, 2.75) is 31.5 Å². The molecular formula is C16H14F3N3O2. The Morgan fingerprint density at radius 2 is 2.04 bits per heavy atom. The molecule has 2 aromatic rings. The molecule has 0 saturated carbocycles. The number of hydrogen-bond donors (Lipinski definition) is 2. The number of hydrogen-bond acceptors (Lipinski definition) is 3. The number of aromatic nitrogens is 2. The van der Waals surface area contributed by atoms with Crippen LogP contribution in [0.4, 0.5) is 13.2 Å². The van der Waals surface area contributed by atoms with Gasteiger partial charge in [0.1, 0.15) is 5.69 Å². The van der Waals surface area contributed by atoms with E-state index >= 15 is 0 Å². The highest BCUT2D eigenvalue weighted by Crippen LogP contribution is 2.29. The molecule has 0 radical (unpaired) electrons. The molecule has 0 fully saturated rings. The number of fused-ring (bicyclic) bond motifs is 1. The van der Waals surface area contributed by atoms with E-state index in [9.17, 15) is 22.8 Å². The lowest BCUT2D eigenvalue weighted by Crippen LogP contribution is -2.32. The molecule has 0 spiro atoms. The molecule has 2 aromatic heterocycles. The van der Waals surface area contributed by atoms with Crippen molar-refractivity contribution in [1.82, 2.24) is 15.3 Å². The summed E-state index contributed by atoms with van der Waals surface area (Å²) < 4.78 is 37.5. The van der Waals surface area contributed by atoms with Crippen LogP contribution >= 0.6 is 0 Å². The van der Waals surface area contributed by atoms with Gasteiger partial charge < -0.3 is 10.3 Å². The molecule has 0 aromatic carbocycles. The average molecular weight is 337 g/mol. The number of nitrogens with zero attached hydrogens (tertiary/aromatic N) is 1. The highest BCUT2D eigenvalue weighted by molar-refractivity contribution is 5.94. The van der Waals surface area contributed by atoms with E-state index in [4.69, 9.17) is 0 Å². The minimum Gasteiger partial charge on any atom is -0.345 e. The van der Waals surface area contributed by atoms with Gasteiger partial charge in [-0.25, -0.2) is 0 Å². The third-order valence-electron chi connectivity index (χ3n) is 3.95. The Morgan fingerprint density at radius 3 is 2.71 bits per heavy atom. The van der Waals surface area contributed by atoms with Crippen LogP contribution in [0.3, 0.4) is 0 Å². The first-order valence-corrected chi connectivity index (χ1v) is 7.41. The summed E-state index contributed by atoms with van der Waals surface area (Å²) in [5, 5.41) is 2.79. The zero-order chi connectivity index (χ0) is 17.3. The molecule has 0 bridgehead atoms. The fourth-order valence-electron chi connectivity index (χ4n) is 2.79. The first-order chi connectivity index (χ1) is 11.3. The maximum Gasteiger partial charge on any atom is 0.433 e. The number of pyridine rings is 2.